The molecule has 1 aromatic carbocycles. The third-order valence-corrected chi connectivity index (χ3v) is 5.39. The third-order valence-electron chi connectivity index (χ3n) is 5.39. The van der Waals surface area contributed by atoms with Crippen molar-refractivity contribution in [1.29, 1.82) is 0 Å². The fraction of sp³-hybridized carbons (Fsp3) is 0.476. The molecule has 1 atom stereocenters. The van der Waals surface area contributed by atoms with E-state index in [1.54, 1.807) is 4.68 Å². The highest BCUT2D eigenvalue weighted by Gasteiger charge is 2.26. The number of aliphatic hydroxyl groups excluding tert-OH is 1. The minimum Gasteiger partial charge on any atom is -0.393 e. The Kier molecular flexibility index (Phi) is 6.14. The Morgan fingerprint density at radius 1 is 1.14 bits per heavy atom. The smallest absolute Gasteiger partial charge is 0.271 e. The highest BCUT2D eigenvalue weighted by Crippen LogP contribution is 2.22. The van der Waals surface area contributed by atoms with Crippen LogP contribution in [-0.2, 0) is 0 Å². The minimum atomic E-state index is -0.329. The van der Waals surface area contributed by atoms with Gasteiger partial charge in [-0.2, -0.15) is 5.10 Å². The van der Waals surface area contributed by atoms with Gasteiger partial charge in [0, 0.05) is 19.2 Å². The summed E-state index contributed by atoms with van der Waals surface area (Å²) >= 11 is 0. The molecule has 1 aromatic heterocycles. The Morgan fingerprint density at radius 3 is 2.39 bits per heavy atom. The van der Waals surface area contributed by atoms with E-state index in [1.165, 1.54) is 13.1 Å². The number of hydrogen-bond acceptors (Lipinski definition) is 4. The molecule has 1 saturated carbocycles. The molecule has 0 radical (unpaired) electrons. The summed E-state index contributed by atoms with van der Waals surface area (Å²) in [6, 6.07) is 9.41. The number of hydrogen-bond donors (Lipinski definition) is 3. The van der Waals surface area contributed by atoms with Gasteiger partial charge in [0.1, 0.15) is 5.69 Å². The van der Waals surface area contributed by atoms with Gasteiger partial charge in [-0.05, 0) is 45.1 Å². The molecule has 1 fully saturated rings. The number of aliphatic hydroxyl groups is 1. The van der Waals surface area contributed by atoms with E-state index >= 15 is 0 Å². The minimum absolute atomic E-state index is 0.0254. The molecule has 2 aromatic rings. The van der Waals surface area contributed by atoms with Gasteiger partial charge >= 0.3 is 0 Å². The Hall–Kier alpha value is -2.67. The number of amides is 2. The van der Waals surface area contributed by atoms with E-state index in [-0.39, 0.29) is 35.7 Å². The second-order valence-corrected chi connectivity index (χ2v) is 7.50. The van der Waals surface area contributed by atoms with Crippen LogP contribution in [0.15, 0.2) is 30.3 Å². The first-order valence-corrected chi connectivity index (χ1v) is 9.76. The quantitative estimate of drug-likeness (QED) is 0.736. The molecule has 0 bridgehead atoms. The van der Waals surface area contributed by atoms with Crippen LogP contribution in [0.3, 0.4) is 0 Å². The van der Waals surface area contributed by atoms with Crippen LogP contribution in [0.25, 0.3) is 0 Å². The lowest BCUT2D eigenvalue weighted by atomic mass is 9.93. The first kappa shape index (κ1) is 20.1. The van der Waals surface area contributed by atoms with E-state index in [9.17, 15) is 14.7 Å². The summed E-state index contributed by atoms with van der Waals surface area (Å²) in [6.45, 7) is 3.98. The zero-order chi connectivity index (χ0) is 20.3. The predicted molar refractivity (Wildman–Crippen MR) is 106 cm³/mol. The van der Waals surface area contributed by atoms with E-state index < -0.39 is 0 Å². The first-order chi connectivity index (χ1) is 13.4. The van der Waals surface area contributed by atoms with Crippen LogP contribution < -0.4 is 10.6 Å². The molecule has 2 amide bonds. The van der Waals surface area contributed by atoms with Crippen LogP contribution in [0.5, 0.6) is 0 Å². The van der Waals surface area contributed by atoms with Crippen molar-refractivity contribution in [2.75, 3.05) is 7.05 Å². The Morgan fingerprint density at radius 2 is 1.79 bits per heavy atom. The fourth-order valence-electron chi connectivity index (χ4n) is 3.56. The maximum absolute atomic E-state index is 13.0. The lowest BCUT2D eigenvalue weighted by molar-refractivity contribution is 0.0856. The van der Waals surface area contributed by atoms with Crippen molar-refractivity contribution in [2.45, 2.75) is 57.7 Å². The summed E-state index contributed by atoms with van der Waals surface area (Å²) in [5.41, 5.74) is 2.73. The normalized spacial score (nSPS) is 20.4. The summed E-state index contributed by atoms with van der Waals surface area (Å²) in [7, 11) is 1.54. The van der Waals surface area contributed by atoms with E-state index in [0.29, 0.717) is 18.5 Å². The number of aromatic nitrogens is 2. The predicted octanol–water partition coefficient (Wildman–Crippen LogP) is 2.19. The average Bonchev–Trinajstić information content (AvgIpc) is 3.15. The van der Waals surface area contributed by atoms with Crippen LogP contribution in [0.1, 0.15) is 70.8 Å². The molecule has 1 aliphatic rings. The zero-order valence-corrected chi connectivity index (χ0v) is 16.6. The largest absolute Gasteiger partial charge is 0.393 e. The van der Waals surface area contributed by atoms with E-state index in [4.69, 9.17) is 0 Å². The maximum Gasteiger partial charge on any atom is 0.271 e. The molecule has 28 heavy (non-hydrogen) atoms. The lowest BCUT2D eigenvalue weighted by Gasteiger charge is -2.26. The Balaban J connectivity index is 1.87. The SMILES string of the molecule is CNC(=O)c1cc(C(=O)NC2CCC(O)CC2)n([C@@H](C)c2ccc(C)cc2)n1. The van der Waals surface area contributed by atoms with Crippen molar-refractivity contribution in [2.24, 2.45) is 0 Å². The van der Waals surface area contributed by atoms with E-state index in [2.05, 4.69) is 15.7 Å². The van der Waals surface area contributed by atoms with Gasteiger partial charge in [0.05, 0.1) is 12.1 Å². The van der Waals surface area contributed by atoms with E-state index in [1.807, 2.05) is 38.1 Å². The highest BCUT2D eigenvalue weighted by molar-refractivity contribution is 5.98. The maximum atomic E-state index is 13.0. The Labute approximate surface area is 165 Å². The monoisotopic (exact) mass is 384 g/mol. The summed E-state index contributed by atoms with van der Waals surface area (Å²) in [5, 5.41) is 19.7. The van der Waals surface area contributed by atoms with Crippen molar-refractivity contribution in [3.8, 4) is 0 Å². The molecule has 0 saturated heterocycles. The summed E-state index contributed by atoms with van der Waals surface area (Å²) in [5.74, 6) is -0.576. The summed E-state index contributed by atoms with van der Waals surface area (Å²) in [6.07, 6.45) is 2.59. The standard InChI is InChI=1S/C21H28N4O3/c1-13-4-6-15(7-5-13)14(2)25-19(12-18(24-25)20(27)22-3)21(28)23-16-8-10-17(26)11-9-16/h4-7,12,14,16-17,26H,8-11H2,1-3H3,(H,22,27)(H,23,28)/t14-,16?,17?/m0/s1. The van der Waals surface area contributed by atoms with Crippen LogP contribution in [0, 0.1) is 6.92 Å². The van der Waals surface area contributed by atoms with Crippen LogP contribution >= 0.6 is 0 Å². The van der Waals surface area contributed by atoms with Gasteiger partial charge < -0.3 is 15.7 Å². The number of carbonyl (C=O) groups excluding carboxylic acids is 2. The molecule has 7 nitrogen and oxygen atoms in total. The number of nitrogens with one attached hydrogen (secondary N) is 2. The molecule has 7 heteroatoms. The van der Waals surface area contributed by atoms with Gasteiger partial charge in [0.25, 0.3) is 11.8 Å². The number of rotatable bonds is 5. The first-order valence-electron chi connectivity index (χ1n) is 9.76. The van der Waals surface area contributed by atoms with Gasteiger partial charge in [-0.1, -0.05) is 29.8 Å². The topological polar surface area (TPSA) is 96.3 Å². The fourth-order valence-corrected chi connectivity index (χ4v) is 3.56. The van der Waals surface area contributed by atoms with Gasteiger partial charge in [-0.25, -0.2) is 0 Å². The summed E-state index contributed by atoms with van der Waals surface area (Å²) in [4.78, 5) is 25.0. The third kappa shape index (κ3) is 4.42. The van der Waals surface area contributed by atoms with E-state index in [0.717, 1.165) is 24.0 Å². The average molecular weight is 384 g/mol. The molecular weight excluding hydrogens is 356 g/mol. The molecule has 3 N–H and O–H groups in total. The molecule has 1 aliphatic carbocycles. The number of carbonyl (C=O) groups is 2. The van der Waals surface area contributed by atoms with Gasteiger partial charge in [-0.15, -0.1) is 0 Å². The van der Waals surface area contributed by atoms with Gasteiger partial charge in [0.15, 0.2) is 5.69 Å². The van der Waals surface area contributed by atoms with Crippen LogP contribution in [0.4, 0.5) is 0 Å². The second kappa shape index (κ2) is 8.56. The Bertz CT molecular complexity index is 836. The van der Waals surface area contributed by atoms with Gasteiger partial charge in [0.2, 0.25) is 0 Å². The number of benzene rings is 1. The molecule has 0 unspecified atom stereocenters. The molecule has 0 spiro atoms. The lowest BCUT2D eigenvalue weighted by Crippen LogP contribution is -2.39. The molecule has 3 rings (SSSR count). The van der Waals surface area contributed by atoms with Crippen molar-refractivity contribution >= 4 is 11.8 Å². The highest BCUT2D eigenvalue weighted by atomic mass is 16.3. The van der Waals surface area contributed by atoms with Crippen molar-refractivity contribution in [3.05, 3.63) is 52.8 Å². The molecular formula is C21H28N4O3. The number of nitrogens with zero attached hydrogens (tertiary/aromatic N) is 2. The van der Waals surface area contributed by atoms with Crippen LogP contribution in [0.2, 0.25) is 0 Å². The zero-order valence-electron chi connectivity index (χ0n) is 16.6. The van der Waals surface area contributed by atoms with Crippen LogP contribution in [-0.4, -0.2) is 45.9 Å². The molecule has 150 valence electrons. The van der Waals surface area contributed by atoms with Crippen molar-refractivity contribution in [3.63, 3.8) is 0 Å². The summed E-state index contributed by atoms with van der Waals surface area (Å²) < 4.78 is 1.61. The molecule has 1 heterocycles. The molecule has 0 aliphatic heterocycles. The second-order valence-electron chi connectivity index (χ2n) is 7.50. The van der Waals surface area contributed by atoms with Crippen molar-refractivity contribution < 1.29 is 14.7 Å². The van der Waals surface area contributed by atoms with Gasteiger partial charge in [-0.3, -0.25) is 14.3 Å². The van der Waals surface area contributed by atoms with Crippen molar-refractivity contribution in [1.82, 2.24) is 20.4 Å². The number of aryl methyl sites for hydroxylation is 1.